The summed E-state index contributed by atoms with van der Waals surface area (Å²) >= 11 is 0. The number of nitrogens with one attached hydrogen (secondary N) is 1. The van der Waals surface area contributed by atoms with Gasteiger partial charge >= 0.3 is 0 Å². The molecule has 2 aromatic heterocycles. The lowest BCUT2D eigenvalue weighted by molar-refractivity contribution is 0.0951. The van der Waals surface area contributed by atoms with Crippen molar-refractivity contribution in [3.63, 3.8) is 0 Å². The highest BCUT2D eigenvalue weighted by molar-refractivity contribution is 6.04. The van der Waals surface area contributed by atoms with Crippen LogP contribution in [0.5, 0.6) is 17.4 Å². The molecular weight excluding hydrogens is 411 g/mol. The number of ether oxygens (including phenoxy) is 2. The third kappa shape index (κ3) is 4.80. The van der Waals surface area contributed by atoms with Gasteiger partial charge in [0.05, 0.1) is 17.7 Å². The largest absolute Gasteiger partial charge is 0.490 e. The fourth-order valence-electron chi connectivity index (χ4n) is 3.10. The van der Waals surface area contributed by atoms with Crippen molar-refractivity contribution in [1.82, 2.24) is 20.3 Å². The number of halogens is 1. The van der Waals surface area contributed by atoms with Crippen molar-refractivity contribution in [2.75, 3.05) is 6.61 Å². The molecule has 1 N–H and O–H groups in total. The highest BCUT2D eigenvalue weighted by atomic mass is 19.1. The van der Waals surface area contributed by atoms with Crippen molar-refractivity contribution in [1.29, 1.82) is 0 Å². The third-order valence-corrected chi connectivity index (χ3v) is 4.59. The quantitative estimate of drug-likeness (QED) is 0.435. The number of para-hydroxylation sites is 2. The maximum atomic E-state index is 14.0. The molecule has 0 atom stereocenters. The molecule has 0 radical (unpaired) electrons. The van der Waals surface area contributed by atoms with Crippen LogP contribution in [0.25, 0.3) is 11.0 Å². The molecule has 0 aliphatic rings. The first-order chi connectivity index (χ1) is 15.7. The Labute approximate surface area is 184 Å². The second-order valence-corrected chi connectivity index (χ2v) is 6.93. The van der Waals surface area contributed by atoms with Gasteiger partial charge in [-0.05, 0) is 30.7 Å². The van der Waals surface area contributed by atoms with Crippen molar-refractivity contribution in [2.24, 2.45) is 0 Å². The van der Waals surface area contributed by atoms with Gasteiger partial charge in [-0.15, -0.1) is 0 Å². The second-order valence-electron chi connectivity index (χ2n) is 6.93. The van der Waals surface area contributed by atoms with Crippen molar-refractivity contribution in [3.8, 4) is 17.4 Å². The summed E-state index contributed by atoms with van der Waals surface area (Å²) in [7, 11) is 0. The molecule has 2 heterocycles. The van der Waals surface area contributed by atoms with Gasteiger partial charge in [-0.3, -0.25) is 14.8 Å². The number of amides is 1. The highest BCUT2D eigenvalue weighted by Crippen LogP contribution is 2.32. The fourth-order valence-corrected chi connectivity index (χ4v) is 3.10. The Hall–Kier alpha value is -4.07. The predicted octanol–water partition coefficient (Wildman–Crippen LogP) is 4.68. The molecule has 0 saturated carbocycles. The number of benzene rings is 2. The van der Waals surface area contributed by atoms with Crippen LogP contribution in [0.4, 0.5) is 4.39 Å². The maximum Gasteiger partial charge on any atom is 0.253 e. The van der Waals surface area contributed by atoms with E-state index in [0.29, 0.717) is 40.6 Å². The molecule has 4 rings (SSSR count). The van der Waals surface area contributed by atoms with Gasteiger partial charge in [0.2, 0.25) is 5.88 Å². The molecule has 0 saturated heterocycles. The normalized spacial score (nSPS) is 10.7. The van der Waals surface area contributed by atoms with Crippen molar-refractivity contribution >= 4 is 16.9 Å². The van der Waals surface area contributed by atoms with Crippen LogP contribution in [-0.2, 0) is 6.54 Å². The fraction of sp³-hybridized carbons (Fsp3) is 0.167. The standard InChI is InChI=1S/C24H21FN4O3/c1-2-12-31-20-7-3-4-8-21(20)32-24-16(6-5-9-28-24)15-29-23(30)18-13-17(25)14-19-22(18)27-11-10-26-19/h3-11,13-14H,2,12,15H2,1H3,(H,29,30). The first kappa shape index (κ1) is 21.2. The van der Waals surface area contributed by atoms with Crippen LogP contribution < -0.4 is 14.8 Å². The summed E-state index contributed by atoms with van der Waals surface area (Å²) in [4.78, 5) is 25.3. The number of hydrogen-bond donors (Lipinski definition) is 1. The minimum absolute atomic E-state index is 0.109. The number of pyridine rings is 1. The number of fused-ring (bicyclic) bond motifs is 1. The zero-order valence-electron chi connectivity index (χ0n) is 17.4. The number of aromatic nitrogens is 3. The van der Waals surface area contributed by atoms with Crippen LogP contribution in [0.1, 0.15) is 29.3 Å². The first-order valence-electron chi connectivity index (χ1n) is 10.2. The molecule has 4 aromatic rings. The van der Waals surface area contributed by atoms with E-state index in [-0.39, 0.29) is 12.1 Å². The number of carbonyl (C=O) groups excluding carboxylic acids is 1. The lowest BCUT2D eigenvalue weighted by Crippen LogP contribution is -2.24. The Morgan fingerprint density at radius 2 is 1.81 bits per heavy atom. The molecule has 8 heteroatoms. The molecule has 32 heavy (non-hydrogen) atoms. The Morgan fingerprint density at radius 1 is 1.00 bits per heavy atom. The van der Waals surface area contributed by atoms with Gasteiger partial charge in [-0.2, -0.15) is 0 Å². The number of hydrogen-bond acceptors (Lipinski definition) is 6. The molecule has 1 amide bonds. The molecule has 0 aliphatic carbocycles. The van der Waals surface area contributed by atoms with Crippen molar-refractivity contribution in [2.45, 2.75) is 19.9 Å². The highest BCUT2D eigenvalue weighted by Gasteiger charge is 2.16. The molecule has 0 unspecified atom stereocenters. The predicted molar refractivity (Wildman–Crippen MR) is 117 cm³/mol. The maximum absolute atomic E-state index is 14.0. The average Bonchev–Trinajstić information content (AvgIpc) is 2.82. The molecule has 2 aromatic carbocycles. The van der Waals surface area contributed by atoms with E-state index >= 15 is 0 Å². The number of rotatable bonds is 8. The van der Waals surface area contributed by atoms with Crippen LogP contribution in [-0.4, -0.2) is 27.5 Å². The number of carbonyl (C=O) groups is 1. The van der Waals surface area contributed by atoms with Crippen LogP contribution >= 0.6 is 0 Å². The molecule has 0 bridgehead atoms. The zero-order chi connectivity index (χ0) is 22.3. The minimum atomic E-state index is -0.558. The van der Waals surface area contributed by atoms with E-state index < -0.39 is 11.7 Å². The molecular formula is C24H21FN4O3. The van der Waals surface area contributed by atoms with Crippen LogP contribution in [0.3, 0.4) is 0 Å². The van der Waals surface area contributed by atoms with E-state index in [1.54, 1.807) is 24.4 Å². The second kappa shape index (κ2) is 9.82. The van der Waals surface area contributed by atoms with Gasteiger partial charge < -0.3 is 14.8 Å². The summed E-state index contributed by atoms with van der Waals surface area (Å²) in [6.07, 6.45) is 5.38. The van der Waals surface area contributed by atoms with E-state index in [9.17, 15) is 9.18 Å². The van der Waals surface area contributed by atoms with Crippen molar-refractivity contribution < 1.29 is 18.7 Å². The summed E-state index contributed by atoms with van der Waals surface area (Å²) in [6, 6.07) is 13.3. The minimum Gasteiger partial charge on any atom is -0.490 e. The summed E-state index contributed by atoms with van der Waals surface area (Å²) in [6.45, 7) is 2.71. The van der Waals surface area contributed by atoms with Gasteiger partial charge in [-0.25, -0.2) is 9.37 Å². The van der Waals surface area contributed by atoms with Gasteiger partial charge in [-0.1, -0.05) is 25.1 Å². The van der Waals surface area contributed by atoms with E-state index in [1.165, 1.54) is 18.5 Å². The number of nitrogens with zero attached hydrogens (tertiary/aromatic N) is 3. The smallest absolute Gasteiger partial charge is 0.253 e. The summed E-state index contributed by atoms with van der Waals surface area (Å²) in [5.41, 5.74) is 1.40. The van der Waals surface area contributed by atoms with Gasteiger partial charge in [0.25, 0.3) is 5.91 Å². The molecule has 0 fully saturated rings. The van der Waals surface area contributed by atoms with E-state index in [0.717, 1.165) is 12.5 Å². The Kier molecular flexibility index (Phi) is 6.50. The van der Waals surface area contributed by atoms with E-state index in [1.807, 2.05) is 25.1 Å². The molecule has 0 spiro atoms. The molecule has 162 valence electrons. The van der Waals surface area contributed by atoms with Crippen LogP contribution in [0, 0.1) is 5.82 Å². The Bertz CT molecular complexity index is 1250. The summed E-state index contributed by atoms with van der Waals surface area (Å²) in [5, 5.41) is 2.79. The Morgan fingerprint density at radius 3 is 2.66 bits per heavy atom. The molecule has 0 aliphatic heterocycles. The topological polar surface area (TPSA) is 86.2 Å². The van der Waals surface area contributed by atoms with Crippen LogP contribution in [0.2, 0.25) is 0 Å². The zero-order valence-corrected chi connectivity index (χ0v) is 17.4. The lowest BCUT2D eigenvalue weighted by atomic mass is 10.1. The monoisotopic (exact) mass is 432 g/mol. The first-order valence-corrected chi connectivity index (χ1v) is 10.2. The van der Waals surface area contributed by atoms with Crippen molar-refractivity contribution in [3.05, 3.63) is 84.1 Å². The van der Waals surface area contributed by atoms with Gasteiger partial charge in [0.1, 0.15) is 11.3 Å². The van der Waals surface area contributed by atoms with E-state index in [4.69, 9.17) is 9.47 Å². The van der Waals surface area contributed by atoms with Gasteiger partial charge in [0.15, 0.2) is 11.5 Å². The van der Waals surface area contributed by atoms with Gasteiger partial charge in [0, 0.05) is 36.8 Å². The van der Waals surface area contributed by atoms with E-state index in [2.05, 4.69) is 20.3 Å². The molecule has 7 nitrogen and oxygen atoms in total. The Balaban J connectivity index is 1.53. The summed E-state index contributed by atoms with van der Waals surface area (Å²) in [5.74, 6) is 0.441. The summed E-state index contributed by atoms with van der Waals surface area (Å²) < 4.78 is 25.7. The SMILES string of the molecule is CCCOc1ccccc1Oc1ncccc1CNC(=O)c1cc(F)cc2nccnc12. The average molecular weight is 432 g/mol. The lowest BCUT2D eigenvalue weighted by Gasteiger charge is -2.14. The van der Waals surface area contributed by atoms with Crippen LogP contribution in [0.15, 0.2) is 67.1 Å². The third-order valence-electron chi connectivity index (χ3n) is 4.59.